The van der Waals surface area contributed by atoms with Crippen molar-refractivity contribution in [1.82, 2.24) is 15.2 Å². The van der Waals surface area contributed by atoms with Gasteiger partial charge in [-0.15, -0.1) is 0 Å². The maximum atomic E-state index is 11.8. The van der Waals surface area contributed by atoms with Gasteiger partial charge in [-0.3, -0.25) is 14.5 Å². The third-order valence-electron chi connectivity index (χ3n) is 2.34. The van der Waals surface area contributed by atoms with Crippen LogP contribution in [0.2, 0.25) is 5.02 Å². The molecule has 1 aromatic rings. The van der Waals surface area contributed by atoms with Crippen LogP contribution in [0.25, 0.3) is 0 Å². The highest BCUT2D eigenvalue weighted by molar-refractivity contribution is 6.30. The van der Waals surface area contributed by atoms with Crippen LogP contribution in [-0.4, -0.2) is 47.4 Å². The van der Waals surface area contributed by atoms with Gasteiger partial charge in [0.15, 0.2) is 0 Å². The zero-order valence-electron chi connectivity index (χ0n) is 12.7. The quantitative estimate of drug-likeness (QED) is 0.864. The number of anilines is 1. The molecular formula is C14H21ClN4O2. The molecule has 0 spiro atoms. The molecule has 1 rings (SSSR count). The number of hydrogen-bond donors (Lipinski definition) is 2. The van der Waals surface area contributed by atoms with Crippen LogP contribution in [0.1, 0.15) is 20.8 Å². The molecule has 2 N–H and O–H groups in total. The van der Waals surface area contributed by atoms with Crippen LogP contribution in [0.15, 0.2) is 18.3 Å². The zero-order valence-corrected chi connectivity index (χ0v) is 13.5. The lowest BCUT2D eigenvalue weighted by molar-refractivity contribution is -0.124. The molecule has 1 heterocycles. The molecule has 0 aliphatic heterocycles. The second-order valence-electron chi connectivity index (χ2n) is 5.88. The topological polar surface area (TPSA) is 74.3 Å². The number of nitrogens with one attached hydrogen (secondary N) is 2. The molecular weight excluding hydrogens is 292 g/mol. The van der Waals surface area contributed by atoms with E-state index in [1.54, 1.807) is 24.1 Å². The molecule has 7 heteroatoms. The first-order chi connectivity index (χ1) is 9.65. The minimum absolute atomic E-state index is 0.0991. The first-order valence-corrected chi connectivity index (χ1v) is 6.94. The molecule has 0 fully saturated rings. The van der Waals surface area contributed by atoms with Crippen LogP contribution >= 0.6 is 11.6 Å². The summed E-state index contributed by atoms with van der Waals surface area (Å²) in [6.07, 6.45) is 1.46. The van der Waals surface area contributed by atoms with Gasteiger partial charge in [0.2, 0.25) is 11.8 Å². The van der Waals surface area contributed by atoms with Crippen LogP contribution < -0.4 is 10.6 Å². The highest BCUT2D eigenvalue weighted by Crippen LogP contribution is 2.09. The molecule has 21 heavy (non-hydrogen) atoms. The average molecular weight is 313 g/mol. The number of likely N-dealkylation sites (N-methyl/N-ethyl adjacent to an activating group) is 1. The van der Waals surface area contributed by atoms with E-state index in [2.05, 4.69) is 15.6 Å². The van der Waals surface area contributed by atoms with Gasteiger partial charge in [-0.1, -0.05) is 11.6 Å². The van der Waals surface area contributed by atoms with Gasteiger partial charge in [0, 0.05) is 11.7 Å². The zero-order chi connectivity index (χ0) is 16.0. The summed E-state index contributed by atoms with van der Waals surface area (Å²) >= 11 is 5.71. The Kier molecular flexibility index (Phi) is 6.11. The SMILES string of the molecule is CN(CC(=O)Nc1ccc(Cl)cn1)CC(=O)NC(C)(C)C. The number of carbonyl (C=O) groups excluding carboxylic acids is 2. The van der Waals surface area contributed by atoms with Gasteiger partial charge >= 0.3 is 0 Å². The molecule has 1 aromatic heterocycles. The molecule has 116 valence electrons. The minimum atomic E-state index is -0.284. The van der Waals surface area contributed by atoms with E-state index in [9.17, 15) is 9.59 Å². The van der Waals surface area contributed by atoms with Gasteiger partial charge in [0.1, 0.15) is 5.82 Å². The van der Waals surface area contributed by atoms with Crippen molar-refractivity contribution in [2.45, 2.75) is 26.3 Å². The van der Waals surface area contributed by atoms with Gasteiger partial charge in [-0.25, -0.2) is 4.98 Å². The van der Waals surface area contributed by atoms with Gasteiger partial charge in [-0.05, 0) is 40.0 Å². The molecule has 0 atom stereocenters. The Morgan fingerprint density at radius 3 is 2.38 bits per heavy atom. The lowest BCUT2D eigenvalue weighted by Gasteiger charge is -2.23. The van der Waals surface area contributed by atoms with Crippen molar-refractivity contribution >= 4 is 29.2 Å². The molecule has 0 aromatic carbocycles. The monoisotopic (exact) mass is 312 g/mol. The summed E-state index contributed by atoms with van der Waals surface area (Å²) in [6, 6.07) is 3.26. The summed E-state index contributed by atoms with van der Waals surface area (Å²) in [5, 5.41) is 5.98. The summed E-state index contributed by atoms with van der Waals surface area (Å²) in [4.78, 5) is 29.2. The Morgan fingerprint density at radius 1 is 1.24 bits per heavy atom. The highest BCUT2D eigenvalue weighted by atomic mass is 35.5. The number of rotatable bonds is 5. The van der Waals surface area contributed by atoms with Gasteiger partial charge in [0.05, 0.1) is 18.1 Å². The first-order valence-electron chi connectivity index (χ1n) is 6.57. The maximum absolute atomic E-state index is 11.8. The number of hydrogen-bond acceptors (Lipinski definition) is 4. The van der Waals surface area contributed by atoms with Crippen LogP contribution in [0.5, 0.6) is 0 Å². The summed E-state index contributed by atoms with van der Waals surface area (Å²) in [5.41, 5.74) is -0.284. The first kappa shape index (κ1) is 17.4. The third-order valence-corrected chi connectivity index (χ3v) is 2.56. The number of carbonyl (C=O) groups is 2. The molecule has 0 radical (unpaired) electrons. The van der Waals surface area contributed by atoms with Gasteiger partial charge in [0.25, 0.3) is 0 Å². The number of halogens is 1. The lowest BCUT2D eigenvalue weighted by Crippen LogP contribution is -2.46. The molecule has 6 nitrogen and oxygen atoms in total. The van der Waals surface area contributed by atoms with Gasteiger partial charge < -0.3 is 10.6 Å². The second kappa shape index (κ2) is 7.38. The third kappa shape index (κ3) is 7.63. The average Bonchev–Trinajstić information content (AvgIpc) is 2.28. The van der Waals surface area contributed by atoms with Crippen molar-refractivity contribution in [3.05, 3.63) is 23.4 Å². The Bertz CT molecular complexity index is 497. The highest BCUT2D eigenvalue weighted by Gasteiger charge is 2.16. The fourth-order valence-electron chi connectivity index (χ4n) is 1.64. The lowest BCUT2D eigenvalue weighted by atomic mass is 10.1. The maximum Gasteiger partial charge on any atom is 0.239 e. The van der Waals surface area contributed by atoms with Crippen molar-refractivity contribution in [2.24, 2.45) is 0 Å². The smallest absolute Gasteiger partial charge is 0.239 e. The van der Waals surface area contributed by atoms with Crippen molar-refractivity contribution in [1.29, 1.82) is 0 Å². The molecule has 0 bridgehead atoms. The van der Waals surface area contributed by atoms with Crippen molar-refractivity contribution in [3.8, 4) is 0 Å². The van der Waals surface area contributed by atoms with E-state index < -0.39 is 0 Å². The number of pyridine rings is 1. The van der Waals surface area contributed by atoms with E-state index in [0.717, 1.165) is 0 Å². The number of nitrogens with zero attached hydrogens (tertiary/aromatic N) is 2. The van der Waals surface area contributed by atoms with Crippen LogP contribution in [0.3, 0.4) is 0 Å². The van der Waals surface area contributed by atoms with Crippen LogP contribution in [0, 0.1) is 0 Å². The molecule has 0 unspecified atom stereocenters. The second-order valence-corrected chi connectivity index (χ2v) is 6.32. The van der Waals surface area contributed by atoms with E-state index in [1.165, 1.54) is 6.20 Å². The Balaban J connectivity index is 2.40. The summed E-state index contributed by atoms with van der Waals surface area (Å²) < 4.78 is 0. The number of aromatic nitrogens is 1. The van der Waals surface area contributed by atoms with Crippen molar-refractivity contribution in [3.63, 3.8) is 0 Å². The molecule has 2 amide bonds. The van der Waals surface area contributed by atoms with Crippen molar-refractivity contribution < 1.29 is 9.59 Å². The fraction of sp³-hybridized carbons (Fsp3) is 0.500. The molecule has 0 aliphatic rings. The standard InChI is InChI=1S/C14H21ClN4O2/c1-14(2,3)18-13(21)9-19(4)8-12(20)17-11-6-5-10(15)7-16-11/h5-7H,8-9H2,1-4H3,(H,18,21)(H,16,17,20). The van der Waals surface area contributed by atoms with E-state index in [-0.39, 0.29) is 30.4 Å². The summed E-state index contributed by atoms with van der Waals surface area (Å²) in [5.74, 6) is 0.0650. The van der Waals surface area contributed by atoms with Crippen LogP contribution in [-0.2, 0) is 9.59 Å². The van der Waals surface area contributed by atoms with Crippen LogP contribution in [0.4, 0.5) is 5.82 Å². The van der Waals surface area contributed by atoms with E-state index in [0.29, 0.717) is 10.8 Å². The van der Waals surface area contributed by atoms with E-state index in [1.807, 2.05) is 20.8 Å². The van der Waals surface area contributed by atoms with E-state index in [4.69, 9.17) is 11.6 Å². The van der Waals surface area contributed by atoms with Gasteiger partial charge in [-0.2, -0.15) is 0 Å². The Hall–Kier alpha value is -1.66. The minimum Gasteiger partial charge on any atom is -0.350 e. The fourth-order valence-corrected chi connectivity index (χ4v) is 1.75. The van der Waals surface area contributed by atoms with E-state index >= 15 is 0 Å². The molecule has 0 saturated carbocycles. The summed E-state index contributed by atoms with van der Waals surface area (Å²) in [6.45, 7) is 5.97. The predicted octanol–water partition coefficient (Wildman–Crippen LogP) is 1.52. The predicted molar refractivity (Wildman–Crippen MR) is 83.3 cm³/mol. The molecule has 0 saturated heterocycles. The Morgan fingerprint density at radius 2 is 1.86 bits per heavy atom. The largest absolute Gasteiger partial charge is 0.350 e. The molecule has 0 aliphatic carbocycles. The Labute approximate surface area is 129 Å². The summed E-state index contributed by atoms with van der Waals surface area (Å²) in [7, 11) is 1.71. The van der Waals surface area contributed by atoms with Crippen molar-refractivity contribution in [2.75, 3.05) is 25.5 Å². The number of amides is 2. The normalized spacial score (nSPS) is 11.3.